The van der Waals surface area contributed by atoms with Gasteiger partial charge in [0.15, 0.2) is 0 Å². The van der Waals surface area contributed by atoms with Crippen LogP contribution in [-0.4, -0.2) is 68.5 Å². The molecule has 0 rings (SSSR count). The van der Waals surface area contributed by atoms with Crippen LogP contribution in [0.2, 0.25) is 0 Å². The fourth-order valence-electron chi connectivity index (χ4n) is 8.14. The van der Waals surface area contributed by atoms with Gasteiger partial charge in [0.05, 0.1) is 39.9 Å². The molecule has 0 aliphatic rings. The van der Waals surface area contributed by atoms with Crippen LogP contribution in [-0.2, 0) is 18.4 Å². The maximum atomic E-state index is 12.9. The van der Waals surface area contributed by atoms with Gasteiger partial charge < -0.3 is 28.8 Å². The van der Waals surface area contributed by atoms with Crippen molar-refractivity contribution in [2.24, 2.45) is 0 Å². The number of aliphatic hydroxyl groups excluding tert-OH is 1. The number of phosphoric ester groups is 1. The lowest BCUT2D eigenvalue weighted by molar-refractivity contribution is -0.870. The molecule has 402 valence electrons. The number of rotatable bonds is 52. The van der Waals surface area contributed by atoms with Crippen LogP contribution in [0.3, 0.4) is 0 Å². The van der Waals surface area contributed by atoms with E-state index in [0.29, 0.717) is 17.4 Å². The van der Waals surface area contributed by atoms with E-state index in [0.717, 1.165) is 83.5 Å². The van der Waals surface area contributed by atoms with Gasteiger partial charge in [0, 0.05) is 6.42 Å². The lowest BCUT2D eigenvalue weighted by atomic mass is 10.0. The van der Waals surface area contributed by atoms with Gasteiger partial charge in [-0.1, -0.05) is 241 Å². The van der Waals surface area contributed by atoms with E-state index in [1.165, 1.54) is 148 Å². The van der Waals surface area contributed by atoms with Crippen LogP contribution < -0.4 is 10.2 Å². The Morgan fingerprint density at radius 2 is 0.899 bits per heavy atom. The van der Waals surface area contributed by atoms with Crippen molar-refractivity contribution in [1.29, 1.82) is 0 Å². The molecule has 8 nitrogen and oxygen atoms in total. The molecular formula is C60H111N2O6P. The van der Waals surface area contributed by atoms with Crippen LogP contribution >= 0.6 is 7.82 Å². The van der Waals surface area contributed by atoms with E-state index in [4.69, 9.17) is 9.05 Å². The molecule has 0 saturated heterocycles. The lowest BCUT2D eigenvalue weighted by Crippen LogP contribution is -2.45. The molecule has 0 bridgehead atoms. The van der Waals surface area contributed by atoms with E-state index in [1.807, 2.05) is 27.2 Å². The normalized spacial score (nSPS) is 14.5. The molecule has 1 amide bonds. The van der Waals surface area contributed by atoms with Gasteiger partial charge in [0.1, 0.15) is 13.2 Å². The number of likely N-dealkylation sites (N-methyl/N-ethyl adjacent to an activating group) is 1. The zero-order chi connectivity index (χ0) is 50.6. The Morgan fingerprint density at radius 1 is 0.522 bits per heavy atom. The summed E-state index contributed by atoms with van der Waals surface area (Å²) in [5.74, 6) is -0.230. The molecule has 3 atom stereocenters. The van der Waals surface area contributed by atoms with Gasteiger partial charge in [-0.05, 0) is 77.0 Å². The number of unbranched alkanes of at least 4 members (excludes halogenated alkanes) is 29. The molecular weight excluding hydrogens is 876 g/mol. The quantitative estimate of drug-likeness (QED) is 0.0272. The Balaban J connectivity index is 4.20. The van der Waals surface area contributed by atoms with Crippen LogP contribution in [0.25, 0.3) is 0 Å². The minimum Gasteiger partial charge on any atom is -0.756 e. The second-order valence-corrected chi connectivity index (χ2v) is 22.0. The zero-order valence-electron chi connectivity index (χ0n) is 45.8. The molecule has 0 aromatic heterocycles. The highest BCUT2D eigenvalue weighted by Crippen LogP contribution is 2.38. The number of nitrogens with one attached hydrogen (secondary N) is 1. The second-order valence-electron chi connectivity index (χ2n) is 20.6. The van der Waals surface area contributed by atoms with Gasteiger partial charge in [-0.3, -0.25) is 9.36 Å². The molecule has 0 spiro atoms. The van der Waals surface area contributed by atoms with E-state index < -0.39 is 26.6 Å². The van der Waals surface area contributed by atoms with Gasteiger partial charge >= 0.3 is 0 Å². The summed E-state index contributed by atoms with van der Waals surface area (Å²) in [6.45, 7) is 4.50. The molecule has 0 aliphatic carbocycles. The van der Waals surface area contributed by atoms with Crippen molar-refractivity contribution in [1.82, 2.24) is 5.32 Å². The van der Waals surface area contributed by atoms with E-state index >= 15 is 0 Å². The molecule has 0 heterocycles. The Bertz CT molecular complexity index is 1350. The molecule has 69 heavy (non-hydrogen) atoms. The summed E-state index contributed by atoms with van der Waals surface area (Å²) in [5.41, 5.74) is 0. The van der Waals surface area contributed by atoms with Crippen LogP contribution in [0.5, 0.6) is 0 Å². The zero-order valence-corrected chi connectivity index (χ0v) is 46.6. The second kappa shape index (κ2) is 50.9. The first-order chi connectivity index (χ1) is 33.5. The van der Waals surface area contributed by atoms with E-state index in [2.05, 4.69) is 79.9 Å². The standard InChI is InChI=1S/C60H111N2O6P/c1-6-8-10-12-14-16-18-20-22-23-24-25-26-27-28-29-30-31-32-33-34-35-36-37-38-40-41-43-45-47-49-51-53-59(63)58(57-68-69(65,66)67-56-55-62(3,4)5)61-60(64)54-52-50-48-46-44-42-39-21-19-17-15-13-11-9-7-2/h9,11,15,17,21,37-39,43,45,51,53,58-59,63H,6-8,10,12-14,16,18-20,22-36,40-42,44,46-50,52,54-57H2,1-5H3,(H-,61,64,65,66)/b11-9-,17-15-,38-37+,39-21-,45-43+,53-51+. The van der Waals surface area contributed by atoms with Crippen molar-refractivity contribution in [3.8, 4) is 0 Å². The SMILES string of the molecule is CC/C=C\C/C=C\C/C=C\CCCCCCCC(=O)NC(COP(=O)([O-])OCC[N+](C)(C)C)C(O)/C=C/CC/C=C/CC/C=C/CCCCCCCCCCCCCCCCCCCCCCCC. The van der Waals surface area contributed by atoms with Crippen molar-refractivity contribution in [3.05, 3.63) is 72.9 Å². The third-order valence-corrected chi connectivity index (χ3v) is 13.6. The van der Waals surface area contributed by atoms with Gasteiger partial charge in [-0.15, -0.1) is 0 Å². The van der Waals surface area contributed by atoms with Gasteiger partial charge in [0.25, 0.3) is 7.82 Å². The highest BCUT2D eigenvalue weighted by atomic mass is 31.2. The first kappa shape index (κ1) is 66.9. The molecule has 0 aromatic carbocycles. The molecule has 0 aliphatic heterocycles. The van der Waals surface area contributed by atoms with Crippen LogP contribution in [0.4, 0.5) is 0 Å². The number of hydrogen-bond acceptors (Lipinski definition) is 6. The predicted molar refractivity (Wildman–Crippen MR) is 297 cm³/mol. The molecule has 0 aromatic rings. The summed E-state index contributed by atoms with van der Waals surface area (Å²) in [6.07, 6.45) is 70.1. The minimum atomic E-state index is -4.62. The number of allylic oxidation sites excluding steroid dienone is 11. The van der Waals surface area contributed by atoms with Crippen molar-refractivity contribution in [3.63, 3.8) is 0 Å². The van der Waals surface area contributed by atoms with Crippen molar-refractivity contribution < 1.29 is 32.9 Å². The number of nitrogens with zero attached hydrogens (tertiary/aromatic N) is 1. The molecule has 9 heteroatoms. The predicted octanol–water partition coefficient (Wildman–Crippen LogP) is 16.9. The van der Waals surface area contributed by atoms with Crippen molar-refractivity contribution in [2.75, 3.05) is 40.9 Å². The maximum absolute atomic E-state index is 12.9. The Hall–Kier alpha value is -2.06. The average Bonchev–Trinajstić information content (AvgIpc) is 3.31. The maximum Gasteiger partial charge on any atom is 0.268 e. The van der Waals surface area contributed by atoms with Gasteiger partial charge in [0.2, 0.25) is 5.91 Å². The lowest BCUT2D eigenvalue weighted by Gasteiger charge is -2.29. The third-order valence-electron chi connectivity index (χ3n) is 12.6. The number of amides is 1. The summed E-state index contributed by atoms with van der Waals surface area (Å²) < 4.78 is 23.3. The number of carbonyl (C=O) groups is 1. The number of aliphatic hydroxyl groups is 1. The number of carbonyl (C=O) groups excluding carboxylic acids is 1. The summed E-state index contributed by atoms with van der Waals surface area (Å²) >= 11 is 0. The smallest absolute Gasteiger partial charge is 0.268 e. The first-order valence-electron chi connectivity index (χ1n) is 28.8. The minimum absolute atomic E-state index is 0.0158. The highest BCUT2D eigenvalue weighted by Gasteiger charge is 2.23. The summed E-state index contributed by atoms with van der Waals surface area (Å²) in [5, 5.41) is 13.8. The molecule has 0 fully saturated rings. The largest absolute Gasteiger partial charge is 0.756 e. The molecule has 0 saturated carbocycles. The molecule has 3 unspecified atom stereocenters. The topological polar surface area (TPSA) is 108 Å². The monoisotopic (exact) mass is 987 g/mol. The highest BCUT2D eigenvalue weighted by molar-refractivity contribution is 7.45. The fourth-order valence-corrected chi connectivity index (χ4v) is 8.86. The summed E-state index contributed by atoms with van der Waals surface area (Å²) in [4.78, 5) is 25.4. The Labute approximate surface area is 427 Å². The van der Waals surface area contributed by atoms with Crippen LogP contribution in [0, 0.1) is 0 Å². The van der Waals surface area contributed by atoms with Gasteiger partial charge in [-0.25, -0.2) is 0 Å². The molecule has 0 radical (unpaired) electrons. The van der Waals surface area contributed by atoms with Crippen LogP contribution in [0.15, 0.2) is 72.9 Å². The number of quaternary nitrogens is 1. The van der Waals surface area contributed by atoms with Crippen molar-refractivity contribution >= 4 is 13.7 Å². The van der Waals surface area contributed by atoms with E-state index in [-0.39, 0.29) is 12.5 Å². The van der Waals surface area contributed by atoms with E-state index in [1.54, 1.807) is 6.08 Å². The van der Waals surface area contributed by atoms with Crippen LogP contribution in [0.1, 0.15) is 251 Å². The van der Waals surface area contributed by atoms with E-state index in [9.17, 15) is 19.4 Å². The number of phosphoric acid groups is 1. The van der Waals surface area contributed by atoms with Gasteiger partial charge in [-0.2, -0.15) is 0 Å². The Morgan fingerprint density at radius 3 is 1.35 bits per heavy atom. The third kappa shape index (κ3) is 53.6. The molecule has 2 N–H and O–H groups in total. The number of hydrogen-bond donors (Lipinski definition) is 2. The fraction of sp³-hybridized carbons (Fsp3) is 0.783. The summed E-state index contributed by atoms with van der Waals surface area (Å²) in [6, 6.07) is -0.923. The average molecular weight is 988 g/mol. The van der Waals surface area contributed by atoms with Crippen molar-refractivity contribution in [2.45, 2.75) is 264 Å². The first-order valence-corrected chi connectivity index (χ1v) is 30.3. The Kier molecular flexibility index (Phi) is 49.3. The summed E-state index contributed by atoms with van der Waals surface area (Å²) in [7, 11) is 1.22.